The van der Waals surface area contributed by atoms with Gasteiger partial charge in [-0.05, 0) is 56.9 Å². The average Bonchev–Trinajstić information content (AvgIpc) is 2.73. The van der Waals surface area contributed by atoms with Crippen molar-refractivity contribution in [3.8, 4) is 0 Å². The number of amides is 1. The molecule has 1 heterocycles. The van der Waals surface area contributed by atoms with Crippen LogP contribution in [0.2, 0.25) is 5.35 Å². The van der Waals surface area contributed by atoms with Gasteiger partial charge in [0, 0.05) is 12.1 Å². The number of fused-ring (bicyclic) bond motifs is 1. The molecule has 19 heavy (non-hydrogen) atoms. The minimum atomic E-state index is -0.111. The first-order chi connectivity index (χ1) is 9.06. The van der Waals surface area contributed by atoms with Gasteiger partial charge in [-0.3, -0.25) is 4.79 Å². The third kappa shape index (κ3) is 3.68. The van der Waals surface area contributed by atoms with Crippen LogP contribution < -0.4 is 5.32 Å². The topological polar surface area (TPSA) is 58.4 Å². The molecule has 0 atom stereocenters. The molecule has 2 aromatic rings. The number of nitrogens with one attached hydrogen (secondary N) is 1. The lowest BCUT2D eigenvalue weighted by molar-refractivity contribution is 0.0952. The summed E-state index contributed by atoms with van der Waals surface area (Å²) in [5.74, 6) is -0.111. The molecule has 102 valence electrons. The number of carbonyl (C=O) groups excluding carboxylic acids is 1. The zero-order chi connectivity index (χ0) is 13.8. The summed E-state index contributed by atoms with van der Waals surface area (Å²) in [7, 11) is 4.01. The number of halogens is 1. The fourth-order valence-electron chi connectivity index (χ4n) is 1.74. The minimum absolute atomic E-state index is 0.0820. The van der Waals surface area contributed by atoms with Gasteiger partial charge in [-0.25, -0.2) is 0 Å². The van der Waals surface area contributed by atoms with Crippen molar-refractivity contribution in [2.45, 2.75) is 6.42 Å². The van der Waals surface area contributed by atoms with Gasteiger partial charge in [0.25, 0.3) is 11.3 Å². The van der Waals surface area contributed by atoms with Gasteiger partial charge >= 0.3 is 0 Å². The molecule has 0 saturated heterocycles. The Bertz CT molecular complexity index is 580. The highest BCUT2D eigenvalue weighted by atomic mass is 35.5. The molecule has 6 heteroatoms. The smallest absolute Gasteiger partial charge is 0.293 e. The summed E-state index contributed by atoms with van der Waals surface area (Å²) in [5, 5.41) is 2.95. The summed E-state index contributed by atoms with van der Waals surface area (Å²) < 4.78 is 5.14. The molecule has 2 rings (SSSR count). The Morgan fingerprint density at radius 3 is 3.00 bits per heavy atom. The molecule has 0 aliphatic rings. The second-order valence-electron chi connectivity index (χ2n) is 4.56. The number of rotatable bonds is 5. The molecule has 1 aromatic heterocycles. The predicted octanol–water partition coefficient (Wildman–Crippen LogP) is 2.16. The molecule has 0 radical (unpaired) electrons. The Morgan fingerprint density at radius 2 is 2.26 bits per heavy atom. The highest BCUT2D eigenvalue weighted by Gasteiger charge is 2.09. The van der Waals surface area contributed by atoms with Crippen molar-refractivity contribution in [2.75, 3.05) is 27.2 Å². The summed E-state index contributed by atoms with van der Waals surface area (Å²) in [6.45, 7) is 1.59. The zero-order valence-electron chi connectivity index (χ0n) is 10.9. The first kappa shape index (κ1) is 13.8. The van der Waals surface area contributed by atoms with Crippen LogP contribution in [-0.2, 0) is 0 Å². The van der Waals surface area contributed by atoms with E-state index < -0.39 is 0 Å². The van der Waals surface area contributed by atoms with E-state index in [0.717, 1.165) is 13.0 Å². The van der Waals surface area contributed by atoms with Crippen molar-refractivity contribution < 1.29 is 9.21 Å². The van der Waals surface area contributed by atoms with Crippen molar-refractivity contribution in [1.29, 1.82) is 0 Å². The molecule has 1 aromatic carbocycles. The van der Waals surface area contributed by atoms with Crippen LogP contribution in [-0.4, -0.2) is 43.0 Å². The number of nitrogens with zero attached hydrogens (tertiary/aromatic N) is 2. The van der Waals surface area contributed by atoms with Crippen LogP contribution in [0.15, 0.2) is 22.6 Å². The third-order valence-electron chi connectivity index (χ3n) is 2.69. The standard InChI is InChI=1S/C13H16ClN3O2/c1-17(2)7-3-6-15-12(18)9-4-5-11-10(8-9)16-13(14)19-11/h4-5,8H,3,6-7H2,1-2H3,(H,15,18). The van der Waals surface area contributed by atoms with E-state index in [1.165, 1.54) is 0 Å². The molecule has 1 amide bonds. The van der Waals surface area contributed by atoms with Gasteiger partial charge in [0.1, 0.15) is 5.52 Å². The maximum absolute atomic E-state index is 11.9. The van der Waals surface area contributed by atoms with E-state index in [4.69, 9.17) is 16.0 Å². The Kier molecular flexibility index (Phi) is 4.39. The zero-order valence-corrected chi connectivity index (χ0v) is 11.7. The third-order valence-corrected chi connectivity index (χ3v) is 2.85. The van der Waals surface area contributed by atoms with Gasteiger partial charge in [-0.15, -0.1) is 0 Å². The van der Waals surface area contributed by atoms with Crippen LogP contribution in [0.1, 0.15) is 16.8 Å². The maximum atomic E-state index is 11.9. The quantitative estimate of drug-likeness (QED) is 0.853. The van der Waals surface area contributed by atoms with Gasteiger partial charge in [0.15, 0.2) is 5.58 Å². The van der Waals surface area contributed by atoms with E-state index in [-0.39, 0.29) is 11.3 Å². The summed E-state index contributed by atoms with van der Waals surface area (Å²) in [5.41, 5.74) is 1.72. The molecule has 5 nitrogen and oxygen atoms in total. The number of aromatic nitrogens is 1. The molecule has 0 aliphatic carbocycles. The summed E-state index contributed by atoms with van der Waals surface area (Å²) in [6.07, 6.45) is 0.913. The highest BCUT2D eigenvalue weighted by molar-refractivity contribution is 6.28. The Morgan fingerprint density at radius 1 is 1.47 bits per heavy atom. The van der Waals surface area contributed by atoms with Gasteiger partial charge in [0.2, 0.25) is 0 Å². The van der Waals surface area contributed by atoms with Crippen LogP contribution in [0.3, 0.4) is 0 Å². The van der Waals surface area contributed by atoms with E-state index in [1.807, 2.05) is 14.1 Å². The molecule has 0 fully saturated rings. The maximum Gasteiger partial charge on any atom is 0.293 e. The second kappa shape index (κ2) is 6.04. The fraction of sp³-hybridized carbons (Fsp3) is 0.385. The van der Waals surface area contributed by atoms with Crippen molar-refractivity contribution >= 4 is 28.6 Å². The molecular formula is C13H16ClN3O2. The van der Waals surface area contributed by atoms with Crippen molar-refractivity contribution in [3.05, 3.63) is 29.1 Å². The molecule has 0 bridgehead atoms. The van der Waals surface area contributed by atoms with E-state index in [0.29, 0.717) is 23.2 Å². The van der Waals surface area contributed by atoms with E-state index in [9.17, 15) is 4.79 Å². The molecule has 0 aliphatic heterocycles. The van der Waals surface area contributed by atoms with Gasteiger partial charge < -0.3 is 14.6 Å². The lowest BCUT2D eigenvalue weighted by Crippen LogP contribution is -2.27. The van der Waals surface area contributed by atoms with E-state index >= 15 is 0 Å². The lowest BCUT2D eigenvalue weighted by atomic mass is 10.2. The molecule has 1 N–H and O–H groups in total. The second-order valence-corrected chi connectivity index (χ2v) is 4.89. The van der Waals surface area contributed by atoms with E-state index in [1.54, 1.807) is 18.2 Å². The largest absolute Gasteiger partial charge is 0.428 e. The number of carbonyl (C=O) groups is 1. The highest BCUT2D eigenvalue weighted by Crippen LogP contribution is 2.19. The van der Waals surface area contributed by atoms with Crippen LogP contribution in [0, 0.1) is 0 Å². The van der Waals surface area contributed by atoms with Gasteiger partial charge in [-0.1, -0.05) is 0 Å². The minimum Gasteiger partial charge on any atom is -0.428 e. The normalized spacial score (nSPS) is 11.2. The molecule has 0 saturated carbocycles. The monoisotopic (exact) mass is 281 g/mol. The van der Waals surface area contributed by atoms with Crippen LogP contribution in [0.25, 0.3) is 11.1 Å². The fourth-order valence-corrected chi connectivity index (χ4v) is 1.91. The Labute approximate surface area is 116 Å². The van der Waals surface area contributed by atoms with Crippen molar-refractivity contribution in [2.24, 2.45) is 0 Å². The van der Waals surface area contributed by atoms with Crippen molar-refractivity contribution in [1.82, 2.24) is 15.2 Å². The predicted molar refractivity (Wildman–Crippen MR) is 74.5 cm³/mol. The number of oxazole rings is 1. The number of benzene rings is 1. The Balaban J connectivity index is 1.97. The Hall–Kier alpha value is -1.59. The van der Waals surface area contributed by atoms with Crippen LogP contribution >= 0.6 is 11.6 Å². The van der Waals surface area contributed by atoms with Crippen LogP contribution in [0.4, 0.5) is 0 Å². The lowest BCUT2D eigenvalue weighted by Gasteiger charge is -2.09. The van der Waals surface area contributed by atoms with Gasteiger partial charge in [0.05, 0.1) is 0 Å². The molecular weight excluding hydrogens is 266 g/mol. The number of hydrogen-bond acceptors (Lipinski definition) is 4. The van der Waals surface area contributed by atoms with Crippen LogP contribution in [0.5, 0.6) is 0 Å². The van der Waals surface area contributed by atoms with Gasteiger partial charge in [-0.2, -0.15) is 4.98 Å². The first-order valence-corrected chi connectivity index (χ1v) is 6.43. The first-order valence-electron chi connectivity index (χ1n) is 6.05. The average molecular weight is 282 g/mol. The SMILES string of the molecule is CN(C)CCCNC(=O)c1ccc2oc(Cl)nc2c1. The molecule has 0 unspecified atom stereocenters. The summed E-state index contributed by atoms with van der Waals surface area (Å²) >= 11 is 5.66. The van der Waals surface area contributed by atoms with E-state index in [2.05, 4.69) is 15.2 Å². The summed E-state index contributed by atoms with van der Waals surface area (Å²) in [6, 6.07) is 5.07. The van der Waals surface area contributed by atoms with Crippen molar-refractivity contribution in [3.63, 3.8) is 0 Å². The summed E-state index contributed by atoms with van der Waals surface area (Å²) in [4.78, 5) is 18.0. The molecule has 0 spiro atoms. The number of hydrogen-bond donors (Lipinski definition) is 1.